The normalized spacial score (nSPS) is 21.6. The van der Waals surface area contributed by atoms with Crippen molar-refractivity contribution in [3.63, 3.8) is 0 Å². The lowest BCUT2D eigenvalue weighted by Crippen LogP contribution is -2.40. The number of halogens is 1. The highest BCUT2D eigenvalue weighted by atomic mass is 79.9. The Morgan fingerprint density at radius 2 is 1.96 bits per heavy atom. The van der Waals surface area contributed by atoms with Gasteiger partial charge in [-0.25, -0.2) is 4.90 Å². The number of amides is 3. The van der Waals surface area contributed by atoms with Gasteiger partial charge in [0.05, 0.1) is 17.3 Å². The van der Waals surface area contributed by atoms with Crippen LogP contribution in [0, 0.1) is 0 Å². The molecule has 0 unspecified atom stereocenters. The van der Waals surface area contributed by atoms with Crippen molar-refractivity contribution in [2.75, 3.05) is 10.2 Å². The second-order valence-electron chi connectivity index (χ2n) is 5.90. The van der Waals surface area contributed by atoms with Crippen molar-refractivity contribution in [2.24, 2.45) is 0 Å². The van der Waals surface area contributed by atoms with Crippen LogP contribution >= 0.6 is 27.7 Å². The summed E-state index contributed by atoms with van der Waals surface area (Å²) in [5, 5.41) is 2.24. The van der Waals surface area contributed by atoms with Gasteiger partial charge in [-0.2, -0.15) is 0 Å². The molecule has 0 aliphatic carbocycles. The lowest BCUT2D eigenvalue weighted by atomic mass is 9.96. The Labute approximate surface area is 156 Å². The van der Waals surface area contributed by atoms with Crippen LogP contribution in [-0.4, -0.2) is 23.0 Å². The first-order chi connectivity index (χ1) is 12.0. The van der Waals surface area contributed by atoms with E-state index in [1.807, 2.05) is 30.3 Å². The number of fused-ring (bicyclic) bond motifs is 2. The predicted molar refractivity (Wildman–Crippen MR) is 99.8 cm³/mol. The maximum absolute atomic E-state index is 13.0. The van der Waals surface area contributed by atoms with Crippen molar-refractivity contribution >= 4 is 56.8 Å². The number of para-hydroxylation sites is 1. The minimum absolute atomic E-state index is 0.224. The molecule has 2 aliphatic rings. The quantitative estimate of drug-likeness (QED) is 0.771. The van der Waals surface area contributed by atoms with E-state index < -0.39 is 11.2 Å². The summed E-state index contributed by atoms with van der Waals surface area (Å²) in [6.07, 6.45) is 0. The van der Waals surface area contributed by atoms with Gasteiger partial charge >= 0.3 is 0 Å². The second-order valence-corrected chi connectivity index (χ2v) is 8.00. The number of anilines is 2. The van der Waals surface area contributed by atoms with E-state index in [1.54, 1.807) is 12.1 Å². The number of thioether (sulfide) groups is 1. The first-order valence-electron chi connectivity index (χ1n) is 7.68. The number of hydrogen-bond acceptors (Lipinski definition) is 4. The van der Waals surface area contributed by atoms with E-state index in [9.17, 15) is 14.4 Å². The van der Waals surface area contributed by atoms with Crippen LogP contribution in [0.3, 0.4) is 0 Å². The Kier molecular flexibility index (Phi) is 3.92. The molecule has 25 heavy (non-hydrogen) atoms. The molecule has 0 radical (unpaired) electrons. The summed E-state index contributed by atoms with van der Waals surface area (Å²) in [5.41, 5.74) is 2.00. The molecule has 7 heteroatoms. The molecule has 2 aliphatic heterocycles. The molecule has 5 nitrogen and oxygen atoms in total. The summed E-state index contributed by atoms with van der Waals surface area (Å²) in [6, 6.07) is 12.8. The molecular formula is C18H13BrN2O3S. The lowest BCUT2D eigenvalue weighted by molar-refractivity contribution is -0.127. The molecule has 2 aromatic rings. The highest BCUT2D eigenvalue weighted by molar-refractivity contribution is 9.10. The van der Waals surface area contributed by atoms with Gasteiger partial charge in [0.15, 0.2) is 0 Å². The van der Waals surface area contributed by atoms with E-state index in [-0.39, 0.29) is 17.7 Å². The van der Waals surface area contributed by atoms with Crippen LogP contribution < -0.4 is 10.2 Å². The van der Waals surface area contributed by atoms with Gasteiger partial charge in [0.1, 0.15) is 5.25 Å². The van der Waals surface area contributed by atoms with E-state index in [0.29, 0.717) is 11.3 Å². The van der Waals surface area contributed by atoms with Crippen molar-refractivity contribution in [1.82, 2.24) is 0 Å². The van der Waals surface area contributed by atoms with Gasteiger partial charge in [-0.05, 0) is 35.9 Å². The van der Waals surface area contributed by atoms with Crippen LogP contribution in [0.2, 0.25) is 0 Å². The van der Waals surface area contributed by atoms with Gasteiger partial charge in [-0.1, -0.05) is 28.1 Å². The van der Waals surface area contributed by atoms with Crippen LogP contribution in [0.25, 0.3) is 0 Å². The molecule has 0 bridgehead atoms. The third-order valence-electron chi connectivity index (χ3n) is 4.33. The van der Waals surface area contributed by atoms with Gasteiger partial charge in [0, 0.05) is 16.3 Å². The van der Waals surface area contributed by atoms with Crippen LogP contribution in [0.5, 0.6) is 0 Å². The largest absolute Gasteiger partial charge is 0.324 e. The standard InChI is InChI=1S/C18H13BrN2O3S/c1-9(22)21-13-7-6-10(19)8-11(13)15(18(21)24)16-17(23)20-12-4-2-3-5-14(12)25-16/h2-8,15-16H,1H3,(H,20,23)/t15-,16-/m0/s1. The molecule has 2 atom stereocenters. The number of carbonyl (C=O) groups is 3. The van der Waals surface area contributed by atoms with E-state index in [0.717, 1.165) is 15.1 Å². The summed E-state index contributed by atoms with van der Waals surface area (Å²) in [7, 11) is 0. The molecule has 4 rings (SSSR count). The molecule has 0 spiro atoms. The van der Waals surface area contributed by atoms with E-state index in [1.165, 1.54) is 23.6 Å². The fourth-order valence-electron chi connectivity index (χ4n) is 3.27. The fraction of sp³-hybridized carbons (Fsp3) is 0.167. The SMILES string of the molecule is CC(=O)N1C(=O)[C@H]([C@@H]2Sc3ccccc3NC2=O)c2cc(Br)ccc21. The van der Waals surface area contributed by atoms with Crippen molar-refractivity contribution < 1.29 is 14.4 Å². The number of benzene rings is 2. The Hall–Kier alpha value is -2.12. The number of rotatable bonds is 1. The zero-order valence-electron chi connectivity index (χ0n) is 13.2. The minimum Gasteiger partial charge on any atom is -0.324 e. The first-order valence-corrected chi connectivity index (χ1v) is 9.35. The zero-order chi connectivity index (χ0) is 17.7. The number of carbonyl (C=O) groups excluding carboxylic acids is 3. The molecule has 2 heterocycles. The van der Waals surface area contributed by atoms with Gasteiger partial charge in [-0.15, -0.1) is 11.8 Å². The molecular weight excluding hydrogens is 404 g/mol. The van der Waals surface area contributed by atoms with Crippen LogP contribution in [-0.2, 0) is 14.4 Å². The Morgan fingerprint density at radius 3 is 2.72 bits per heavy atom. The van der Waals surface area contributed by atoms with Crippen molar-refractivity contribution in [3.05, 3.63) is 52.5 Å². The summed E-state index contributed by atoms with van der Waals surface area (Å²) in [5.74, 6) is -1.63. The smallest absolute Gasteiger partial charge is 0.243 e. The number of nitrogens with one attached hydrogen (secondary N) is 1. The molecule has 0 fully saturated rings. The maximum atomic E-state index is 13.0. The van der Waals surface area contributed by atoms with E-state index in [2.05, 4.69) is 21.2 Å². The predicted octanol–water partition coefficient (Wildman–Crippen LogP) is 3.54. The molecule has 126 valence electrons. The summed E-state index contributed by atoms with van der Waals surface area (Å²) < 4.78 is 0.802. The molecule has 0 aromatic heterocycles. The average Bonchev–Trinajstić information content (AvgIpc) is 2.85. The monoisotopic (exact) mass is 416 g/mol. The molecule has 1 N–H and O–H groups in total. The Bertz CT molecular complexity index is 930. The fourth-order valence-corrected chi connectivity index (χ4v) is 4.89. The Balaban J connectivity index is 1.81. The molecule has 0 saturated carbocycles. The van der Waals surface area contributed by atoms with E-state index in [4.69, 9.17) is 0 Å². The van der Waals surface area contributed by atoms with Gasteiger partial charge in [-0.3, -0.25) is 14.4 Å². The summed E-state index contributed by atoms with van der Waals surface area (Å²) in [4.78, 5) is 39.7. The zero-order valence-corrected chi connectivity index (χ0v) is 15.6. The van der Waals surface area contributed by atoms with Gasteiger partial charge < -0.3 is 5.32 Å². The molecule has 3 amide bonds. The lowest BCUT2D eigenvalue weighted by Gasteiger charge is -2.27. The van der Waals surface area contributed by atoms with E-state index >= 15 is 0 Å². The molecule has 0 saturated heterocycles. The molecule has 2 aromatic carbocycles. The Morgan fingerprint density at radius 1 is 1.20 bits per heavy atom. The second kappa shape index (κ2) is 6.00. The number of nitrogens with zero attached hydrogens (tertiary/aromatic N) is 1. The highest BCUT2D eigenvalue weighted by Gasteiger charge is 2.47. The van der Waals surface area contributed by atoms with Crippen LogP contribution in [0.4, 0.5) is 11.4 Å². The van der Waals surface area contributed by atoms with Crippen molar-refractivity contribution in [1.29, 1.82) is 0 Å². The summed E-state index contributed by atoms with van der Waals surface area (Å²) in [6.45, 7) is 1.36. The van der Waals surface area contributed by atoms with Crippen LogP contribution in [0.1, 0.15) is 18.4 Å². The average molecular weight is 417 g/mol. The summed E-state index contributed by atoms with van der Waals surface area (Å²) >= 11 is 4.78. The third kappa shape index (κ3) is 2.58. The van der Waals surface area contributed by atoms with Crippen molar-refractivity contribution in [2.45, 2.75) is 23.0 Å². The van der Waals surface area contributed by atoms with Crippen LogP contribution in [0.15, 0.2) is 51.8 Å². The number of imide groups is 1. The maximum Gasteiger partial charge on any atom is 0.243 e. The first kappa shape index (κ1) is 16.4. The van der Waals surface area contributed by atoms with Crippen molar-refractivity contribution in [3.8, 4) is 0 Å². The number of hydrogen-bond donors (Lipinski definition) is 1. The highest BCUT2D eigenvalue weighted by Crippen LogP contribution is 2.48. The van der Waals surface area contributed by atoms with Gasteiger partial charge in [0.2, 0.25) is 17.7 Å². The third-order valence-corrected chi connectivity index (χ3v) is 6.17. The minimum atomic E-state index is -0.699. The topological polar surface area (TPSA) is 66.5 Å². The van der Waals surface area contributed by atoms with Gasteiger partial charge in [0.25, 0.3) is 0 Å².